The Kier molecular flexibility index (Phi) is 2.29. The summed E-state index contributed by atoms with van der Waals surface area (Å²) in [5.41, 5.74) is 3.01. The van der Waals surface area contributed by atoms with Crippen molar-refractivity contribution in [2.75, 3.05) is 13.6 Å². The number of nitrogens with zero attached hydrogens (tertiary/aromatic N) is 2. The fourth-order valence-electron chi connectivity index (χ4n) is 2.76. The van der Waals surface area contributed by atoms with Crippen LogP contribution in [0.4, 0.5) is 0 Å². The molecule has 1 aromatic heterocycles. The van der Waals surface area contributed by atoms with E-state index in [4.69, 9.17) is 0 Å². The van der Waals surface area contributed by atoms with Crippen molar-refractivity contribution in [3.8, 4) is 0 Å². The van der Waals surface area contributed by atoms with Crippen molar-refractivity contribution in [2.24, 2.45) is 0 Å². The molecule has 2 aliphatic heterocycles. The number of hydrogen-bond acceptors (Lipinski definition) is 4. The third-order valence-corrected chi connectivity index (χ3v) is 3.59. The third kappa shape index (κ3) is 1.47. The van der Waals surface area contributed by atoms with Gasteiger partial charge in [-0.1, -0.05) is 0 Å². The van der Waals surface area contributed by atoms with Gasteiger partial charge in [-0.25, -0.2) is 4.79 Å². The van der Waals surface area contributed by atoms with Crippen LogP contribution >= 0.6 is 0 Å². The molecule has 5 nitrogen and oxygen atoms in total. The largest absolute Gasteiger partial charge is 0.345 e. The number of H-pyrrole nitrogens is 1. The Hall–Kier alpha value is -1.20. The second-order valence-corrected chi connectivity index (χ2v) is 4.63. The van der Waals surface area contributed by atoms with E-state index in [1.807, 2.05) is 0 Å². The van der Waals surface area contributed by atoms with Crippen molar-refractivity contribution in [2.45, 2.75) is 32.0 Å². The molecule has 1 fully saturated rings. The molecule has 16 heavy (non-hydrogen) atoms. The molecule has 86 valence electrons. The van der Waals surface area contributed by atoms with E-state index in [2.05, 4.69) is 27.2 Å². The van der Waals surface area contributed by atoms with Crippen LogP contribution in [0.2, 0.25) is 0 Å². The zero-order valence-electron chi connectivity index (χ0n) is 9.42. The lowest BCUT2D eigenvalue weighted by atomic mass is 10.1. The lowest BCUT2D eigenvalue weighted by Gasteiger charge is -2.20. The van der Waals surface area contributed by atoms with Gasteiger partial charge in [0.1, 0.15) is 0 Å². The van der Waals surface area contributed by atoms with Crippen LogP contribution in [0.15, 0.2) is 4.79 Å². The lowest BCUT2D eigenvalue weighted by molar-refractivity contribution is 0.309. The highest BCUT2D eigenvalue weighted by Crippen LogP contribution is 2.32. The molecule has 1 saturated heterocycles. The minimum Gasteiger partial charge on any atom is -0.308 e. The molecule has 1 unspecified atom stereocenters. The van der Waals surface area contributed by atoms with Gasteiger partial charge in [0.05, 0.1) is 11.7 Å². The van der Waals surface area contributed by atoms with E-state index in [0.717, 1.165) is 37.4 Å². The van der Waals surface area contributed by atoms with E-state index in [-0.39, 0.29) is 5.69 Å². The van der Waals surface area contributed by atoms with Gasteiger partial charge in [-0.05, 0) is 26.4 Å². The van der Waals surface area contributed by atoms with Crippen LogP contribution in [0.3, 0.4) is 0 Å². The maximum atomic E-state index is 11.5. The average Bonchev–Trinajstić information content (AvgIpc) is 2.84. The zero-order valence-corrected chi connectivity index (χ0v) is 9.42. The molecule has 5 heteroatoms. The molecule has 0 aromatic carbocycles. The zero-order chi connectivity index (χ0) is 11.1. The van der Waals surface area contributed by atoms with E-state index < -0.39 is 0 Å². The van der Waals surface area contributed by atoms with Crippen molar-refractivity contribution in [3.63, 3.8) is 0 Å². The second-order valence-electron chi connectivity index (χ2n) is 4.63. The maximum Gasteiger partial charge on any atom is 0.345 e. The Morgan fingerprint density at radius 3 is 3.06 bits per heavy atom. The van der Waals surface area contributed by atoms with Crippen LogP contribution in [0, 0.1) is 0 Å². The lowest BCUT2D eigenvalue weighted by Crippen LogP contribution is -2.24. The molecule has 0 amide bonds. The van der Waals surface area contributed by atoms with Crippen molar-refractivity contribution >= 4 is 0 Å². The summed E-state index contributed by atoms with van der Waals surface area (Å²) >= 11 is 0. The van der Waals surface area contributed by atoms with Crippen molar-refractivity contribution < 1.29 is 0 Å². The molecule has 3 rings (SSSR count). The monoisotopic (exact) mass is 220 g/mol. The van der Waals surface area contributed by atoms with Gasteiger partial charge in [-0.15, -0.1) is 0 Å². The summed E-state index contributed by atoms with van der Waals surface area (Å²) in [6, 6.07) is 0.330. The molecule has 3 heterocycles. The average molecular weight is 220 g/mol. The predicted octanol–water partition coefficient (Wildman–Crippen LogP) is 0.140. The van der Waals surface area contributed by atoms with Gasteiger partial charge >= 0.3 is 5.69 Å². The Morgan fingerprint density at radius 1 is 1.44 bits per heavy atom. The Labute approximate surface area is 93.9 Å². The SMILES string of the molecule is CN1CCCC1c1nc(=O)[nH]c2c1CNC2. The number of aromatic amines is 1. The first-order chi connectivity index (χ1) is 7.75. The topological polar surface area (TPSA) is 61.0 Å². The maximum absolute atomic E-state index is 11.5. The normalized spacial score (nSPS) is 24.9. The fourth-order valence-corrected chi connectivity index (χ4v) is 2.76. The molecule has 0 radical (unpaired) electrons. The quantitative estimate of drug-likeness (QED) is 0.706. The smallest absolute Gasteiger partial charge is 0.308 e. The number of fused-ring (bicyclic) bond motifs is 1. The molecule has 0 saturated carbocycles. The van der Waals surface area contributed by atoms with Crippen LogP contribution < -0.4 is 11.0 Å². The Balaban J connectivity index is 2.09. The minimum absolute atomic E-state index is 0.210. The van der Waals surface area contributed by atoms with Crippen molar-refractivity contribution in [1.29, 1.82) is 0 Å². The summed E-state index contributed by atoms with van der Waals surface area (Å²) in [5.74, 6) is 0. The van der Waals surface area contributed by atoms with Gasteiger partial charge in [0.25, 0.3) is 0 Å². The molecule has 0 spiro atoms. The first-order valence-corrected chi connectivity index (χ1v) is 5.78. The minimum atomic E-state index is -0.210. The third-order valence-electron chi connectivity index (χ3n) is 3.59. The molecule has 0 aliphatic carbocycles. The second kappa shape index (κ2) is 3.68. The Bertz CT molecular complexity index is 468. The molecule has 0 bridgehead atoms. The van der Waals surface area contributed by atoms with Crippen LogP contribution in [-0.4, -0.2) is 28.5 Å². The molecule has 2 aliphatic rings. The van der Waals surface area contributed by atoms with Gasteiger partial charge in [-0.2, -0.15) is 4.98 Å². The van der Waals surface area contributed by atoms with Gasteiger partial charge in [0, 0.05) is 24.3 Å². The number of rotatable bonds is 1. The van der Waals surface area contributed by atoms with Crippen molar-refractivity contribution in [3.05, 3.63) is 27.4 Å². The summed E-state index contributed by atoms with van der Waals surface area (Å²) in [5, 5.41) is 3.26. The van der Waals surface area contributed by atoms with E-state index in [9.17, 15) is 4.79 Å². The summed E-state index contributed by atoms with van der Waals surface area (Å²) in [6.07, 6.45) is 2.30. The first kappa shape index (κ1) is 9.99. The summed E-state index contributed by atoms with van der Waals surface area (Å²) in [6.45, 7) is 2.69. The summed E-state index contributed by atoms with van der Waals surface area (Å²) in [7, 11) is 2.11. The van der Waals surface area contributed by atoms with E-state index in [1.165, 1.54) is 12.0 Å². The number of nitrogens with one attached hydrogen (secondary N) is 2. The molecular formula is C11H16N4O. The first-order valence-electron chi connectivity index (χ1n) is 5.78. The van der Waals surface area contributed by atoms with Gasteiger partial charge in [0.2, 0.25) is 0 Å². The summed E-state index contributed by atoms with van der Waals surface area (Å²) in [4.78, 5) is 20.8. The fraction of sp³-hybridized carbons (Fsp3) is 0.636. The van der Waals surface area contributed by atoms with Gasteiger partial charge in [-0.3, -0.25) is 4.90 Å². The van der Waals surface area contributed by atoms with Crippen LogP contribution in [0.5, 0.6) is 0 Å². The highest BCUT2D eigenvalue weighted by atomic mass is 16.1. The highest BCUT2D eigenvalue weighted by Gasteiger charge is 2.29. The van der Waals surface area contributed by atoms with Crippen LogP contribution in [0.1, 0.15) is 35.8 Å². The predicted molar refractivity (Wildman–Crippen MR) is 60.0 cm³/mol. The van der Waals surface area contributed by atoms with E-state index >= 15 is 0 Å². The van der Waals surface area contributed by atoms with E-state index in [1.54, 1.807) is 0 Å². The molecule has 1 atom stereocenters. The Morgan fingerprint density at radius 2 is 2.31 bits per heavy atom. The van der Waals surface area contributed by atoms with Gasteiger partial charge < -0.3 is 10.3 Å². The van der Waals surface area contributed by atoms with Crippen LogP contribution in [0.25, 0.3) is 0 Å². The van der Waals surface area contributed by atoms with E-state index in [0.29, 0.717) is 6.04 Å². The van der Waals surface area contributed by atoms with Gasteiger partial charge in [0.15, 0.2) is 0 Å². The molecular weight excluding hydrogens is 204 g/mol. The van der Waals surface area contributed by atoms with Crippen molar-refractivity contribution in [1.82, 2.24) is 20.2 Å². The summed E-state index contributed by atoms with van der Waals surface area (Å²) < 4.78 is 0. The molecule has 1 aromatic rings. The number of likely N-dealkylation sites (tertiary alicyclic amines) is 1. The molecule has 2 N–H and O–H groups in total. The number of hydrogen-bond donors (Lipinski definition) is 2. The highest BCUT2D eigenvalue weighted by molar-refractivity contribution is 5.30. The standard InChI is InChI=1S/C11H16N4O/c1-15-4-2-3-9(15)10-7-5-12-6-8(7)13-11(16)14-10/h9,12H,2-6H2,1H3,(H,13,14,16). The van der Waals surface area contributed by atoms with Crippen LogP contribution in [-0.2, 0) is 13.1 Å². The number of aromatic nitrogens is 2.